The van der Waals surface area contributed by atoms with E-state index in [9.17, 15) is 20.0 Å². The number of ketones is 1. The molecule has 2 N–H and O–H groups in total. The molecule has 3 aromatic carbocycles. The maximum absolute atomic E-state index is 13.5. The van der Waals surface area contributed by atoms with Crippen molar-refractivity contribution in [1.29, 1.82) is 0 Å². The van der Waals surface area contributed by atoms with Crippen LogP contribution in [-0.4, -0.2) is 15.8 Å². The van der Waals surface area contributed by atoms with Gasteiger partial charge in [0.2, 0.25) is 0 Å². The normalized spacial score (nSPS) is 19.3. The summed E-state index contributed by atoms with van der Waals surface area (Å²) in [7, 11) is 0. The van der Waals surface area contributed by atoms with Crippen LogP contribution in [0.5, 0.6) is 5.75 Å². The van der Waals surface area contributed by atoms with E-state index in [0.29, 0.717) is 24.0 Å². The second kappa shape index (κ2) is 7.17. The standard InChI is InChI=1S/C25H21BrN2O4/c1-25(2)11-17-21-15-6-4-3-5-13(15)7-8-19(21)27-23(22(17)20(29)12-25)16-9-14(28(31)32)10-18(26)24(16)30/h3-10,23,27,30H,11-12H2,1-2H3. The number of phenols is 1. The van der Waals surface area contributed by atoms with Crippen molar-refractivity contribution in [3.63, 3.8) is 0 Å². The second-order valence-corrected chi connectivity index (χ2v) is 10.1. The van der Waals surface area contributed by atoms with Crippen LogP contribution in [0.2, 0.25) is 0 Å². The number of benzene rings is 3. The van der Waals surface area contributed by atoms with Crippen LogP contribution in [0, 0.1) is 15.5 Å². The van der Waals surface area contributed by atoms with Crippen molar-refractivity contribution >= 4 is 49.4 Å². The Balaban J connectivity index is 1.82. The van der Waals surface area contributed by atoms with Gasteiger partial charge in [0.15, 0.2) is 5.78 Å². The van der Waals surface area contributed by atoms with Gasteiger partial charge in [0.25, 0.3) is 5.69 Å². The minimum Gasteiger partial charge on any atom is -0.506 e. The first-order chi connectivity index (χ1) is 15.2. The number of aromatic hydroxyl groups is 1. The maximum atomic E-state index is 13.5. The number of hydrogen-bond donors (Lipinski definition) is 2. The number of Topliss-reactive ketones (excluding diaryl/α,β-unsaturated/α-hetero) is 1. The van der Waals surface area contributed by atoms with Gasteiger partial charge in [0.1, 0.15) is 5.75 Å². The smallest absolute Gasteiger partial charge is 0.271 e. The molecule has 0 spiro atoms. The van der Waals surface area contributed by atoms with Gasteiger partial charge in [-0.05, 0) is 50.2 Å². The monoisotopic (exact) mass is 492 g/mol. The Labute approximate surface area is 193 Å². The first-order valence-corrected chi connectivity index (χ1v) is 11.2. The van der Waals surface area contributed by atoms with Crippen LogP contribution in [0.1, 0.15) is 43.9 Å². The molecule has 7 heteroatoms. The first-order valence-electron chi connectivity index (χ1n) is 10.4. The largest absolute Gasteiger partial charge is 0.506 e. The number of rotatable bonds is 2. The van der Waals surface area contributed by atoms with Gasteiger partial charge < -0.3 is 10.4 Å². The predicted molar refractivity (Wildman–Crippen MR) is 128 cm³/mol. The molecule has 0 saturated heterocycles. The van der Waals surface area contributed by atoms with E-state index in [1.807, 2.05) is 36.4 Å². The van der Waals surface area contributed by atoms with Gasteiger partial charge in [0.05, 0.1) is 15.4 Å². The summed E-state index contributed by atoms with van der Waals surface area (Å²) < 4.78 is 0.221. The summed E-state index contributed by atoms with van der Waals surface area (Å²) in [4.78, 5) is 24.4. The van der Waals surface area contributed by atoms with Crippen LogP contribution < -0.4 is 5.32 Å². The highest BCUT2D eigenvalue weighted by Gasteiger charge is 2.42. The summed E-state index contributed by atoms with van der Waals surface area (Å²) in [5, 5.41) is 27.8. The zero-order chi connectivity index (χ0) is 22.8. The zero-order valence-corrected chi connectivity index (χ0v) is 19.2. The Morgan fingerprint density at radius 1 is 1.16 bits per heavy atom. The van der Waals surface area contributed by atoms with E-state index in [4.69, 9.17) is 0 Å². The highest BCUT2D eigenvalue weighted by atomic mass is 79.9. The molecule has 162 valence electrons. The van der Waals surface area contributed by atoms with E-state index in [-0.39, 0.29) is 27.1 Å². The van der Waals surface area contributed by atoms with Crippen LogP contribution in [0.4, 0.5) is 11.4 Å². The fourth-order valence-electron chi connectivity index (χ4n) is 5.00. The van der Waals surface area contributed by atoms with E-state index < -0.39 is 11.0 Å². The average molecular weight is 493 g/mol. The van der Waals surface area contributed by atoms with Gasteiger partial charge in [-0.25, -0.2) is 0 Å². The number of nitrogens with one attached hydrogen (secondary N) is 1. The topological polar surface area (TPSA) is 92.5 Å². The van der Waals surface area contributed by atoms with Crippen molar-refractivity contribution in [2.75, 3.05) is 5.32 Å². The molecule has 32 heavy (non-hydrogen) atoms. The lowest BCUT2D eigenvalue weighted by molar-refractivity contribution is -0.385. The molecule has 0 radical (unpaired) electrons. The Kier molecular flexibility index (Phi) is 4.64. The summed E-state index contributed by atoms with van der Waals surface area (Å²) in [6, 6.07) is 14.0. The van der Waals surface area contributed by atoms with Gasteiger partial charge in [-0.15, -0.1) is 0 Å². The molecule has 0 amide bonds. The molecule has 2 aliphatic rings. The number of nitro benzene ring substituents is 1. The Hall–Kier alpha value is -3.19. The zero-order valence-electron chi connectivity index (χ0n) is 17.6. The third-order valence-electron chi connectivity index (χ3n) is 6.34. The number of fused-ring (bicyclic) bond motifs is 4. The van der Waals surface area contributed by atoms with E-state index in [0.717, 1.165) is 27.6 Å². The van der Waals surface area contributed by atoms with Crippen LogP contribution in [-0.2, 0) is 4.79 Å². The van der Waals surface area contributed by atoms with Crippen molar-refractivity contribution in [3.8, 4) is 5.75 Å². The summed E-state index contributed by atoms with van der Waals surface area (Å²) in [5.74, 6) is -0.115. The molecule has 1 aliphatic carbocycles. The van der Waals surface area contributed by atoms with Crippen LogP contribution in [0.15, 0.2) is 58.6 Å². The Bertz CT molecular complexity index is 1360. The van der Waals surface area contributed by atoms with Gasteiger partial charge in [-0.3, -0.25) is 14.9 Å². The Morgan fingerprint density at radius 3 is 2.66 bits per heavy atom. The number of non-ortho nitro benzene ring substituents is 1. The number of nitro groups is 1. The SMILES string of the molecule is CC1(C)CC(=O)C2=C(C1)c1c(ccc3ccccc13)NC2c1cc([N+](=O)[O-])cc(Br)c1O. The van der Waals surface area contributed by atoms with Gasteiger partial charge in [-0.2, -0.15) is 0 Å². The van der Waals surface area contributed by atoms with Crippen LogP contribution in [0.25, 0.3) is 16.3 Å². The van der Waals surface area contributed by atoms with Gasteiger partial charge in [-0.1, -0.05) is 44.2 Å². The summed E-state index contributed by atoms with van der Waals surface area (Å²) in [5.41, 5.74) is 3.32. The molecule has 6 nitrogen and oxygen atoms in total. The number of carbonyl (C=O) groups is 1. The molecule has 5 rings (SSSR count). The number of halogens is 1. The molecule has 3 aromatic rings. The van der Waals surface area contributed by atoms with Gasteiger partial charge in [0, 0.05) is 40.9 Å². The highest BCUT2D eigenvalue weighted by Crippen LogP contribution is 2.53. The van der Waals surface area contributed by atoms with Crippen molar-refractivity contribution in [3.05, 3.63) is 79.8 Å². The van der Waals surface area contributed by atoms with Crippen LogP contribution in [0.3, 0.4) is 0 Å². The third-order valence-corrected chi connectivity index (χ3v) is 6.94. The molecule has 1 atom stereocenters. The predicted octanol–water partition coefficient (Wildman–Crippen LogP) is 6.53. The Morgan fingerprint density at radius 2 is 1.91 bits per heavy atom. The molecular formula is C25H21BrN2O4. The van der Waals surface area contributed by atoms with E-state index in [1.54, 1.807) is 0 Å². The fourth-order valence-corrected chi connectivity index (χ4v) is 5.46. The van der Waals surface area contributed by atoms with Crippen molar-refractivity contribution in [2.45, 2.75) is 32.7 Å². The molecule has 1 unspecified atom stereocenters. The van der Waals surface area contributed by atoms with Crippen LogP contribution >= 0.6 is 15.9 Å². The van der Waals surface area contributed by atoms with Crippen molar-refractivity contribution in [1.82, 2.24) is 0 Å². The lowest BCUT2D eigenvalue weighted by Crippen LogP contribution is -2.33. The lowest BCUT2D eigenvalue weighted by Gasteiger charge is -2.40. The molecule has 0 fully saturated rings. The molecular weight excluding hydrogens is 472 g/mol. The summed E-state index contributed by atoms with van der Waals surface area (Å²) >= 11 is 3.23. The number of phenolic OH excluding ortho intramolecular Hbond substituents is 1. The highest BCUT2D eigenvalue weighted by molar-refractivity contribution is 9.10. The fraction of sp³-hybridized carbons (Fsp3) is 0.240. The summed E-state index contributed by atoms with van der Waals surface area (Å²) in [6.07, 6.45) is 1.07. The molecule has 0 bridgehead atoms. The minimum absolute atomic E-state index is 0.00522. The lowest BCUT2D eigenvalue weighted by atomic mass is 9.67. The minimum atomic E-state index is -0.682. The van der Waals surface area contributed by atoms with E-state index in [2.05, 4.69) is 35.1 Å². The third kappa shape index (κ3) is 3.19. The maximum Gasteiger partial charge on any atom is 0.271 e. The van der Waals surface area contributed by atoms with E-state index in [1.165, 1.54) is 12.1 Å². The number of allylic oxidation sites excluding steroid dienone is 1. The number of anilines is 1. The van der Waals surface area contributed by atoms with Crippen molar-refractivity contribution < 1.29 is 14.8 Å². The molecule has 1 aliphatic heterocycles. The number of carbonyl (C=O) groups excluding carboxylic acids is 1. The molecule has 0 saturated carbocycles. The van der Waals surface area contributed by atoms with Crippen molar-refractivity contribution in [2.24, 2.45) is 5.41 Å². The second-order valence-electron chi connectivity index (χ2n) is 9.24. The first kappa shape index (κ1) is 20.7. The quantitative estimate of drug-likeness (QED) is 0.313. The van der Waals surface area contributed by atoms with Gasteiger partial charge >= 0.3 is 0 Å². The molecule has 1 heterocycles. The average Bonchev–Trinajstić information content (AvgIpc) is 2.73. The number of nitrogens with zero attached hydrogens (tertiary/aromatic N) is 1. The molecule has 0 aromatic heterocycles. The summed E-state index contributed by atoms with van der Waals surface area (Å²) in [6.45, 7) is 4.16. The number of hydrogen-bond acceptors (Lipinski definition) is 5. The van der Waals surface area contributed by atoms with E-state index >= 15 is 0 Å².